The highest BCUT2D eigenvalue weighted by Crippen LogP contribution is 2.51. The average Bonchev–Trinajstić information content (AvgIpc) is 3.37. The van der Waals surface area contributed by atoms with Crippen LogP contribution in [0.4, 0.5) is 0 Å². The van der Waals surface area contributed by atoms with Gasteiger partial charge in [0.2, 0.25) is 17.7 Å². The lowest BCUT2D eigenvalue weighted by Gasteiger charge is -2.47. The van der Waals surface area contributed by atoms with Gasteiger partial charge in [0.15, 0.2) is 0 Å². The highest BCUT2D eigenvalue weighted by atomic mass is 32.2. The molecule has 0 aliphatic carbocycles. The lowest BCUT2D eigenvalue weighted by molar-refractivity contribution is -0.158. The third-order valence-electron chi connectivity index (χ3n) is 7.32. The molecule has 3 saturated heterocycles. The van der Waals surface area contributed by atoms with Crippen LogP contribution in [0.2, 0.25) is 0 Å². The first kappa shape index (κ1) is 25.9. The summed E-state index contributed by atoms with van der Waals surface area (Å²) >= 11 is 1.46. The summed E-state index contributed by atoms with van der Waals surface area (Å²) in [5.74, 6) is -2.28. The molecule has 11 nitrogen and oxygen atoms in total. The number of carbonyl (C=O) groups is 4. The Morgan fingerprint density at radius 3 is 2.66 bits per heavy atom. The second-order valence-electron chi connectivity index (χ2n) is 9.75. The van der Waals surface area contributed by atoms with Gasteiger partial charge in [0, 0.05) is 47.9 Å². The van der Waals surface area contributed by atoms with Gasteiger partial charge in [-0.3, -0.25) is 14.4 Å². The summed E-state index contributed by atoms with van der Waals surface area (Å²) in [6.07, 6.45) is 2.20. The van der Waals surface area contributed by atoms with E-state index in [4.69, 9.17) is 4.74 Å². The predicted molar refractivity (Wildman–Crippen MR) is 129 cm³/mol. The van der Waals surface area contributed by atoms with Crippen LogP contribution in [0.3, 0.4) is 0 Å². The maximum atomic E-state index is 13.0. The second-order valence-corrected chi connectivity index (χ2v) is 11.1. The van der Waals surface area contributed by atoms with E-state index in [9.17, 15) is 24.3 Å². The van der Waals surface area contributed by atoms with Crippen molar-refractivity contribution >= 4 is 35.5 Å². The fourth-order valence-corrected chi connectivity index (χ4v) is 7.05. The summed E-state index contributed by atoms with van der Waals surface area (Å²) in [7, 11) is 1.67. The molecule has 4 aliphatic heterocycles. The number of hydrogen-bond donors (Lipinski definition) is 5. The molecule has 0 aromatic carbocycles. The standard InChI is InChI=1S/C23H35N5O6S/c1-11-18-17(12(2)26-16(29)10-24-3)22(31)28(18)19(23(32)33)20(11)35-14-8-15(25-9-14)21(30)27-13-4-6-34-7-5-13/h11-15,17-18,24-25H,4-10H2,1-3H3,(H,26,29)(H,27,30)(H,32,33)/t11-,12-,14+,15+,17-,18-/m1/s1. The van der Waals surface area contributed by atoms with Crippen LogP contribution in [0.25, 0.3) is 0 Å². The molecule has 0 saturated carbocycles. The van der Waals surface area contributed by atoms with Crippen LogP contribution in [0.1, 0.15) is 33.1 Å². The van der Waals surface area contributed by atoms with Gasteiger partial charge in [0.1, 0.15) is 5.70 Å². The number of carbonyl (C=O) groups excluding carboxylic acids is 3. The number of thioether (sulfide) groups is 1. The molecule has 3 fully saturated rings. The first-order valence-electron chi connectivity index (χ1n) is 12.3. The Kier molecular flexibility index (Phi) is 8.04. The summed E-state index contributed by atoms with van der Waals surface area (Å²) in [5, 5.41) is 22.0. The number of fused-ring (bicyclic) bond motifs is 1. The monoisotopic (exact) mass is 509 g/mol. The molecule has 4 aliphatic rings. The smallest absolute Gasteiger partial charge is 0.353 e. The molecule has 5 N–H and O–H groups in total. The molecule has 0 bridgehead atoms. The summed E-state index contributed by atoms with van der Waals surface area (Å²) < 4.78 is 5.34. The molecular weight excluding hydrogens is 474 g/mol. The van der Waals surface area contributed by atoms with Crippen LogP contribution in [-0.4, -0.2) is 96.5 Å². The molecule has 0 radical (unpaired) electrons. The van der Waals surface area contributed by atoms with Crippen molar-refractivity contribution in [2.24, 2.45) is 11.8 Å². The maximum Gasteiger partial charge on any atom is 0.353 e. The number of nitrogens with one attached hydrogen (secondary N) is 4. The van der Waals surface area contributed by atoms with Gasteiger partial charge in [0.25, 0.3) is 0 Å². The largest absolute Gasteiger partial charge is 0.477 e. The fraction of sp³-hybridized carbons (Fsp3) is 0.739. The normalized spacial score (nSPS) is 31.7. The van der Waals surface area contributed by atoms with E-state index < -0.39 is 17.9 Å². The van der Waals surface area contributed by atoms with Gasteiger partial charge >= 0.3 is 5.97 Å². The molecule has 194 valence electrons. The predicted octanol–water partition coefficient (Wildman–Crippen LogP) is -0.758. The Bertz CT molecular complexity index is 907. The molecule has 3 amide bonds. The van der Waals surface area contributed by atoms with Crippen LogP contribution >= 0.6 is 11.8 Å². The molecule has 4 rings (SSSR count). The Balaban J connectivity index is 1.39. The first-order chi connectivity index (χ1) is 16.7. The van der Waals surface area contributed by atoms with Gasteiger partial charge in [-0.15, -0.1) is 11.8 Å². The van der Waals surface area contributed by atoms with Gasteiger partial charge < -0.3 is 36.0 Å². The maximum absolute atomic E-state index is 13.0. The summed E-state index contributed by atoms with van der Waals surface area (Å²) in [6.45, 7) is 5.76. The third-order valence-corrected chi connectivity index (χ3v) is 8.84. The number of ether oxygens (including phenoxy) is 1. The number of hydrogen-bond acceptors (Lipinski definition) is 8. The zero-order chi connectivity index (χ0) is 25.3. The zero-order valence-corrected chi connectivity index (χ0v) is 21.2. The van der Waals surface area contributed by atoms with E-state index in [0.717, 1.165) is 12.8 Å². The first-order valence-corrected chi connectivity index (χ1v) is 13.1. The molecule has 0 unspecified atom stereocenters. The van der Waals surface area contributed by atoms with Crippen molar-refractivity contribution in [2.45, 2.75) is 62.5 Å². The molecular formula is C23H35N5O6S. The van der Waals surface area contributed by atoms with E-state index in [2.05, 4.69) is 21.3 Å². The van der Waals surface area contributed by atoms with Gasteiger partial charge in [-0.25, -0.2) is 4.79 Å². The van der Waals surface area contributed by atoms with Gasteiger partial charge in [-0.05, 0) is 33.2 Å². The van der Waals surface area contributed by atoms with Crippen molar-refractivity contribution in [1.82, 2.24) is 26.2 Å². The zero-order valence-electron chi connectivity index (χ0n) is 20.3. The number of carboxylic acids is 1. The van der Waals surface area contributed by atoms with Crippen molar-refractivity contribution < 1.29 is 29.0 Å². The molecule has 0 spiro atoms. The molecule has 4 heterocycles. The summed E-state index contributed by atoms with van der Waals surface area (Å²) in [5.41, 5.74) is 0.0395. The summed E-state index contributed by atoms with van der Waals surface area (Å²) in [4.78, 5) is 51.9. The topological polar surface area (TPSA) is 149 Å². The Morgan fingerprint density at radius 2 is 2.00 bits per heavy atom. The van der Waals surface area contributed by atoms with Crippen molar-refractivity contribution in [3.05, 3.63) is 10.6 Å². The summed E-state index contributed by atoms with van der Waals surface area (Å²) in [6, 6.07) is -0.904. The van der Waals surface area contributed by atoms with Crippen molar-refractivity contribution in [2.75, 3.05) is 33.4 Å². The van der Waals surface area contributed by atoms with E-state index in [0.29, 0.717) is 31.1 Å². The minimum Gasteiger partial charge on any atom is -0.477 e. The van der Waals surface area contributed by atoms with E-state index in [1.807, 2.05) is 6.92 Å². The van der Waals surface area contributed by atoms with Gasteiger partial charge in [0.05, 0.1) is 24.5 Å². The van der Waals surface area contributed by atoms with Crippen LogP contribution < -0.4 is 21.3 Å². The fourth-order valence-electron chi connectivity index (χ4n) is 5.57. The Labute approximate surface area is 209 Å². The molecule has 6 atom stereocenters. The van der Waals surface area contributed by atoms with Crippen molar-refractivity contribution in [1.29, 1.82) is 0 Å². The molecule has 35 heavy (non-hydrogen) atoms. The van der Waals surface area contributed by atoms with Crippen molar-refractivity contribution in [3.63, 3.8) is 0 Å². The minimum absolute atomic E-state index is 0.0206. The Morgan fingerprint density at radius 1 is 1.29 bits per heavy atom. The lowest BCUT2D eigenvalue weighted by Crippen LogP contribution is -2.66. The third kappa shape index (κ3) is 5.20. The van der Waals surface area contributed by atoms with E-state index >= 15 is 0 Å². The molecule has 12 heteroatoms. The number of amides is 3. The Hall–Kier alpha value is -2.15. The molecule has 0 aromatic rings. The van der Waals surface area contributed by atoms with E-state index in [1.54, 1.807) is 14.0 Å². The second kappa shape index (κ2) is 10.9. The highest BCUT2D eigenvalue weighted by Gasteiger charge is 2.60. The quantitative estimate of drug-likeness (QED) is 0.253. The van der Waals surface area contributed by atoms with Crippen LogP contribution in [0.5, 0.6) is 0 Å². The SMILES string of the molecule is CNCC(=O)N[C@H](C)[C@H]1C(=O)N2C(C(=O)O)=C(S[C@@H]3CN[C@H](C(=O)NC4CCOCC4)C3)[C@H](C)[C@H]12. The van der Waals surface area contributed by atoms with Crippen LogP contribution in [0, 0.1) is 11.8 Å². The van der Waals surface area contributed by atoms with Crippen LogP contribution in [0.15, 0.2) is 10.6 Å². The van der Waals surface area contributed by atoms with Crippen molar-refractivity contribution in [3.8, 4) is 0 Å². The average molecular weight is 510 g/mol. The molecule has 0 aromatic heterocycles. The number of β-lactam (4-membered cyclic amide) rings is 1. The minimum atomic E-state index is -1.12. The van der Waals surface area contributed by atoms with Gasteiger partial charge in [-0.1, -0.05) is 6.92 Å². The van der Waals surface area contributed by atoms with E-state index in [1.165, 1.54) is 16.7 Å². The highest BCUT2D eigenvalue weighted by molar-refractivity contribution is 8.03. The number of aliphatic carboxylic acids is 1. The number of likely N-dealkylation sites (N-methyl/N-ethyl adjacent to an activating group) is 1. The number of nitrogens with zero attached hydrogens (tertiary/aromatic N) is 1. The number of rotatable bonds is 9. The van der Waals surface area contributed by atoms with Gasteiger partial charge in [-0.2, -0.15) is 0 Å². The lowest BCUT2D eigenvalue weighted by atomic mass is 9.78. The van der Waals surface area contributed by atoms with E-state index in [-0.39, 0.29) is 59.3 Å². The van der Waals surface area contributed by atoms with Crippen LogP contribution in [-0.2, 0) is 23.9 Å². The number of carboxylic acid groups (broad SMARTS) is 1.